The number of Topliss-reactive ketones (excluding diaryl/α,β-unsaturated/α-hetero) is 1. The molecule has 1 atom stereocenters. The second-order valence-corrected chi connectivity index (χ2v) is 13.1. The monoisotopic (exact) mass is 358 g/mol. The SMILES string of the molecule is CCOC(=O)C1(C/C=C(\c2ccc(C)cc2)[Si](C)(C)C)CCCC1=O. The third kappa shape index (κ3) is 4.29. The van der Waals surface area contributed by atoms with E-state index in [1.54, 1.807) is 6.92 Å². The molecule has 1 saturated carbocycles. The molecule has 1 aliphatic carbocycles. The van der Waals surface area contributed by atoms with Crippen molar-refractivity contribution in [2.45, 2.75) is 59.2 Å². The van der Waals surface area contributed by atoms with Gasteiger partial charge in [-0.15, -0.1) is 0 Å². The van der Waals surface area contributed by atoms with Gasteiger partial charge in [0.15, 0.2) is 5.78 Å². The van der Waals surface area contributed by atoms with Gasteiger partial charge in [0.25, 0.3) is 0 Å². The maximum Gasteiger partial charge on any atom is 0.319 e. The van der Waals surface area contributed by atoms with Gasteiger partial charge in [-0.25, -0.2) is 0 Å². The molecule has 0 amide bonds. The molecule has 0 aliphatic heterocycles. The number of hydrogen-bond acceptors (Lipinski definition) is 3. The Kier molecular flexibility index (Phi) is 6.04. The lowest BCUT2D eigenvalue weighted by Gasteiger charge is -2.27. The van der Waals surface area contributed by atoms with Crippen LogP contribution in [-0.2, 0) is 14.3 Å². The summed E-state index contributed by atoms with van der Waals surface area (Å²) in [5, 5.41) is 1.30. The fourth-order valence-corrected chi connectivity index (χ4v) is 5.33. The van der Waals surface area contributed by atoms with Gasteiger partial charge in [-0.05, 0) is 38.7 Å². The van der Waals surface area contributed by atoms with Crippen molar-refractivity contribution in [1.82, 2.24) is 0 Å². The van der Waals surface area contributed by atoms with Gasteiger partial charge in [0, 0.05) is 6.42 Å². The molecule has 1 aromatic rings. The lowest BCUT2D eigenvalue weighted by Crippen LogP contribution is -2.37. The van der Waals surface area contributed by atoms with Gasteiger partial charge in [-0.1, -0.05) is 60.7 Å². The zero-order chi connectivity index (χ0) is 18.7. The summed E-state index contributed by atoms with van der Waals surface area (Å²) in [7, 11) is -1.63. The molecule has 0 spiro atoms. The third-order valence-electron chi connectivity index (χ3n) is 5.03. The molecular weight excluding hydrogens is 328 g/mol. The number of ketones is 1. The second kappa shape index (κ2) is 7.69. The molecule has 2 rings (SSSR count). The number of rotatable bonds is 6. The van der Waals surface area contributed by atoms with Crippen LogP contribution in [0.5, 0.6) is 0 Å². The molecule has 0 bridgehead atoms. The van der Waals surface area contributed by atoms with E-state index in [4.69, 9.17) is 4.74 Å². The van der Waals surface area contributed by atoms with Crippen molar-refractivity contribution < 1.29 is 14.3 Å². The number of ether oxygens (including phenoxy) is 1. The fourth-order valence-electron chi connectivity index (χ4n) is 3.58. The molecule has 136 valence electrons. The summed E-state index contributed by atoms with van der Waals surface area (Å²) in [5.41, 5.74) is 1.47. The van der Waals surface area contributed by atoms with E-state index in [9.17, 15) is 9.59 Å². The first-order valence-corrected chi connectivity index (χ1v) is 12.7. The van der Waals surface area contributed by atoms with Crippen molar-refractivity contribution in [2.75, 3.05) is 6.61 Å². The maximum absolute atomic E-state index is 12.6. The Morgan fingerprint density at radius 3 is 2.36 bits per heavy atom. The number of hydrogen-bond donors (Lipinski definition) is 0. The summed E-state index contributed by atoms with van der Waals surface area (Å²) in [4.78, 5) is 25.1. The highest BCUT2D eigenvalue weighted by Gasteiger charge is 2.49. The lowest BCUT2D eigenvalue weighted by molar-refractivity contribution is -0.158. The maximum atomic E-state index is 12.6. The topological polar surface area (TPSA) is 43.4 Å². The van der Waals surface area contributed by atoms with E-state index in [2.05, 4.69) is 56.9 Å². The van der Waals surface area contributed by atoms with Crippen molar-refractivity contribution in [2.24, 2.45) is 5.41 Å². The molecule has 1 unspecified atom stereocenters. The van der Waals surface area contributed by atoms with E-state index in [0.717, 1.165) is 6.42 Å². The first kappa shape index (κ1) is 19.6. The quantitative estimate of drug-likeness (QED) is 0.410. The lowest BCUT2D eigenvalue weighted by atomic mass is 9.81. The minimum absolute atomic E-state index is 0.0426. The molecule has 1 aromatic carbocycles. The Balaban J connectivity index is 2.40. The summed E-state index contributed by atoms with van der Waals surface area (Å²) in [5.74, 6) is -0.298. The Hall–Kier alpha value is -1.68. The molecule has 0 aromatic heterocycles. The van der Waals surface area contributed by atoms with E-state index >= 15 is 0 Å². The molecule has 0 saturated heterocycles. The number of allylic oxidation sites excluding steroid dienone is 1. The van der Waals surface area contributed by atoms with Crippen LogP contribution in [0.15, 0.2) is 30.3 Å². The van der Waals surface area contributed by atoms with E-state index < -0.39 is 13.5 Å². The molecule has 1 aliphatic rings. The highest BCUT2D eigenvalue weighted by molar-refractivity contribution is 6.93. The molecule has 0 radical (unpaired) electrons. The summed E-state index contributed by atoms with van der Waals surface area (Å²) < 4.78 is 5.26. The van der Waals surface area contributed by atoms with Crippen LogP contribution < -0.4 is 0 Å². The molecule has 4 heteroatoms. The van der Waals surface area contributed by atoms with E-state index in [1.807, 2.05) is 0 Å². The number of carbonyl (C=O) groups excluding carboxylic acids is 2. The van der Waals surface area contributed by atoms with Crippen LogP contribution in [0, 0.1) is 12.3 Å². The Labute approximate surface area is 152 Å². The number of carbonyl (C=O) groups is 2. The smallest absolute Gasteiger partial charge is 0.319 e. The average Bonchev–Trinajstić information content (AvgIpc) is 2.90. The van der Waals surface area contributed by atoms with Crippen molar-refractivity contribution in [3.8, 4) is 0 Å². The minimum Gasteiger partial charge on any atom is -0.465 e. The van der Waals surface area contributed by atoms with Crippen LogP contribution in [-0.4, -0.2) is 26.4 Å². The zero-order valence-corrected chi connectivity index (χ0v) is 17.1. The number of benzene rings is 1. The van der Waals surface area contributed by atoms with Crippen LogP contribution in [0.4, 0.5) is 0 Å². The van der Waals surface area contributed by atoms with Crippen LogP contribution in [0.1, 0.15) is 43.7 Å². The summed E-state index contributed by atoms with van der Waals surface area (Å²) in [6.45, 7) is 11.1. The first-order chi connectivity index (χ1) is 11.7. The van der Waals surface area contributed by atoms with Gasteiger partial charge >= 0.3 is 5.97 Å². The highest BCUT2D eigenvalue weighted by Crippen LogP contribution is 2.41. The summed E-state index contributed by atoms with van der Waals surface area (Å²) in [6.07, 6.45) is 4.47. The molecule has 25 heavy (non-hydrogen) atoms. The van der Waals surface area contributed by atoms with E-state index in [-0.39, 0.29) is 11.8 Å². The van der Waals surface area contributed by atoms with Crippen LogP contribution >= 0.6 is 0 Å². The standard InChI is InChI=1S/C21H30O3Si/c1-6-24-20(23)21(14-7-8-19(21)22)15-13-18(25(3,4)5)17-11-9-16(2)10-12-17/h9-13H,6-8,14-15H2,1-5H3/b18-13+. The molecule has 0 N–H and O–H groups in total. The van der Waals surface area contributed by atoms with Gasteiger partial charge in [-0.3, -0.25) is 9.59 Å². The van der Waals surface area contributed by atoms with Gasteiger partial charge < -0.3 is 4.74 Å². The summed E-state index contributed by atoms with van der Waals surface area (Å²) >= 11 is 0. The highest BCUT2D eigenvalue weighted by atomic mass is 28.3. The van der Waals surface area contributed by atoms with Crippen molar-refractivity contribution >= 4 is 25.0 Å². The first-order valence-electron chi connectivity index (χ1n) is 9.19. The van der Waals surface area contributed by atoms with Gasteiger partial charge in [0.2, 0.25) is 0 Å². The largest absolute Gasteiger partial charge is 0.465 e. The van der Waals surface area contributed by atoms with E-state index in [1.165, 1.54) is 16.3 Å². The van der Waals surface area contributed by atoms with Crippen LogP contribution in [0.2, 0.25) is 19.6 Å². The molecule has 1 fully saturated rings. The van der Waals surface area contributed by atoms with Crippen LogP contribution in [0.3, 0.4) is 0 Å². The van der Waals surface area contributed by atoms with Gasteiger partial charge in [0.05, 0.1) is 14.7 Å². The second-order valence-electron chi connectivity index (χ2n) is 8.02. The predicted molar refractivity (Wildman–Crippen MR) is 105 cm³/mol. The van der Waals surface area contributed by atoms with Gasteiger partial charge in [0.1, 0.15) is 5.41 Å². The minimum atomic E-state index is -1.63. The van der Waals surface area contributed by atoms with Gasteiger partial charge in [-0.2, -0.15) is 0 Å². The predicted octanol–water partition coefficient (Wildman–Crippen LogP) is 4.95. The molecule has 0 heterocycles. The Bertz CT molecular complexity index is 667. The normalized spacial score (nSPS) is 21.5. The Morgan fingerprint density at radius 2 is 1.88 bits per heavy atom. The van der Waals surface area contributed by atoms with Crippen molar-refractivity contribution in [1.29, 1.82) is 0 Å². The van der Waals surface area contributed by atoms with Crippen molar-refractivity contribution in [3.05, 3.63) is 41.5 Å². The molecule has 3 nitrogen and oxygen atoms in total. The van der Waals surface area contributed by atoms with Crippen molar-refractivity contribution in [3.63, 3.8) is 0 Å². The third-order valence-corrected chi connectivity index (χ3v) is 7.14. The van der Waals surface area contributed by atoms with E-state index in [0.29, 0.717) is 25.9 Å². The van der Waals surface area contributed by atoms with Crippen LogP contribution in [0.25, 0.3) is 5.20 Å². The number of aryl methyl sites for hydroxylation is 1. The zero-order valence-electron chi connectivity index (χ0n) is 16.1. The Morgan fingerprint density at radius 1 is 1.24 bits per heavy atom. The summed E-state index contributed by atoms with van der Waals surface area (Å²) in [6, 6.07) is 8.52. The molecular formula is C21H30O3Si. The average molecular weight is 359 g/mol. The number of esters is 1. The fraction of sp³-hybridized carbons (Fsp3) is 0.524.